The van der Waals surface area contributed by atoms with E-state index in [0.29, 0.717) is 6.42 Å². The first-order valence-corrected chi connectivity index (χ1v) is 11.4. The third-order valence-electron chi connectivity index (χ3n) is 4.01. The summed E-state index contributed by atoms with van der Waals surface area (Å²) in [6.07, 6.45) is 6.01. The second-order valence-electron chi connectivity index (χ2n) is 6.16. The molecule has 1 aliphatic heterocycles. The van der Waals surface area contributed by atoms with Crippen LogP contribution in [0.15, 0.2) is 4.99 Å². The summed E-state index contributed by atoms with van der Waals surface area (Å²) in [4.78, 5) is 4.73. The fraction of sp³-hybridized carbons (Fsp3) is 0.933. The number of thioether (sulfide) groups is 1. The highest BCUT2D eigenvalue weighted by atomic mass is 32.2. The maximum Gasteiger partial charge on any atom is 0.191 e. The molecule has 8 heteroatoms. The normalized spacial score (nSPS) is 20.1. The SMILES string of the molecule is CCNC(=NCC1(SC)CCOCC1)NC(C)CCS(C)(=O)=O. The van der Waals surface area contributed by atoms with Crippen molar-refractivity contribution in [2.45, 2.75) is 43.9 Å². The van der Waals surface area contributed by atoms with E-state index in [4.69, 9.17) is 9.73 Å². The van der Waals surface area contributed by atoms with Gasteiger partial charge in [-0.05, 0) is 39.4 Å². The van der Waals surface area contributed by atoms with Crippen molar-refractivity contribution in [1.29, 1.82) is 0 Å². The summed E-state index contributed by atoms with van der Waals surface area (Å²) < 4.78 is 28.2. The molecular weight excluding hydrogens is 334 g/mol. The number of rotatable bonds is 8. The van der Waals surface area contributed by atoms with Gasteiger partial charge in [-0.1, -0.05) is 0 Å². The second kappa shape index (κ2) is 9.74. The van der Waals surface area contributed by atoms with Crippen LogP contribution in [0.2, 0.25) is 0 Å². The molecule has 0 aromatic rings. The van der Waals surface area contributed by atoms with Gasteiger partial charge >= 0.3 is 0 Å². The van der Waals surface area contributed by atoms with Crippen LogP contribution in [0.5, 0.6) is 0 Å². The number of nitrogens with zero attached hydrogens (tertiary/aromatic N) is 1. The topological polar surface area (TPSA) is 79.8 Å². The summed E-state index contributed by atoms with van der Waals surface area (Å²) in [6, 6.07) is 0.0578. The van der Waals surface area contributed by atoms with E-state index in [0.717, 1.165) is 45.1 Å². The molecule has 1 heterocycles. The molecule has 1 fully saturated rings. The largest absolute Gasteiger partial charge is 0.381 e. The molecule has 1 rings (SSSR count). The van der Waals surface area contributed by atoms with Crippen molar-refractivity contribution in [3.05, 3.63) is 0 Å². The van der Waals surface area contributed by atoms with Crippen molar-refractivity contribution < 1.29 is 13.2 Å². The zero-order valence-electron chi connectivity index (χ0n) is 14.7. The number of hydrogen-bond donors (Lipinski definition) is 2. The smallest absolute Gasteiger partial charge is 0.191 e. The highest BCUT2D eigenvalue weighted by Gasteiger charge is 2.31. The predicted octanol–water partition coefficient (Wildman–Crippen LogP) is 1.28. The molecule has 0 radical (unpaired) electrons. The lowest BCUT2D eigenvalue weighted by molar-refractivity contribution is 0.0794. The van der Waals surface area contributed by atoms with E-state index in [-0.39, 0.29) is 16.5 Å². The van der Waals surface area contributed by atoms with Gasteiger partial charge < -0.3 is 15.4 Å². The van der Waals surface area contributed by atoms with Gasteiger partial charge in [-0.2, -0.15) is 11.8 Å². The van der Waals surface area contributed by atoms with Crippen molar-refractivity contribution in [1.82, 2.24) is 10.6 Å². The van der Waals surface area contributed by atoms with E-state index in [2.05, 4.69) is 16.9 Å². The van der Waals surface area contributed by atoms with Crippen LogP contribution in [0.3, 0.4) is 0 Å². The number of nitrogens with one attached hydrogen (secondary N) is 2. The van der Waals surface area contributed by atoms with E-state index in [9.17, 15) is 8.42 Å². The lowest BCUT2D eigenvalue weighted by Gasteiger charge is -2.34. The summed E-state index contributed by atoms with van der Waals surface area (Å²) in [5.74, 6) is 0.945. The number of guanidine groups is 1. The summed E-state index contributed by atoms with van der Waals surface area (Å²) >= 11 is 1.86. The van der Waals surface area contributed by atoms with Gasteiger partial charge in [-0.15, -0.1) is 0 Å². The Morgan fingerprint density at radius 3 is 2.57 bits per heavy atom. The van der Waals surface area contributed by atoms with Crippen LogP contribution < -0.4 is 10.6 Å². The molecule has 0 aromatic heterocycles. The molecule has 136 valence electrons. The third-order valence-corrected chi connectivity index (χ3v) is 6.39. The molecule has 1 aliphatic rings. The minimum Gasteiger partial charge on any atom is -0.381 e. The molecule has 0 aliphatic carbocycles. The van der Waals surface area contributed by atoms with Gasteiger partial charge in [0.2, 0.25) is 0 Å². The van der Waals surface area contributed by atoms with Crippen molar-refractivity contribution in [3.8, 4) is 0 Å². The molecule has 1 unspecified atom stereocenters. The van der Waals surface area contributed by atoms with E-state index < -0.39 is 9.84 Å². The van der Waals surface area contributed by atoms with Crippen molar-refractivity contribution in [2.75, 3.05) is 44.6 Å². The average Bonchev–Trinajstić information content (AvgIpc) is 2.51. The summed E-state index contributed by atoms with van der Waals surface area (Å²) in [5.41, 5.74) is 0. The lowest BCUT2D eigenvalue weighted by atomic mass is 9.99. The van der Waals surface area contributed by atoms with Crippen LogP contribution in [0.1, 0.15) is 33.1 Å². The van der Waals surface area contributed by atoms with Crippen LogP contribution in [0.25, 0.3) is 0 Å². The first kappa shape index (κ1) is 20.6. The Hall–Kier alpha value is -0.470. The highest BCUT2D eigenvalue weighted by Crippen LogP contribution is 2.33. The molecule has 6 nitrogen and oxygen atoms in total. The zero-order valence-corrected chi connectivity index (χ0v) is 16.4. The van der Waals surface area contributed by atoms with Crippen LogP contribution >= 0.6 is 11.8 Å². The second-order valence-corrected chi connectivity index (χ2v) is 9.69. The Morgan fingerprint density at radius 2 is 2.04 bits per heavy atom. The zero-order chi connectivity index (χ0) is 17.3. The first-order valence-electron chi connectivity index (χ1n) is 8.16. The Bertz CT molecular complexity index is 474. The Balaban J connectivity index is 2.61. The van der Waals surface area contributed by atoms with Crippen LogP contribution in [0, 0.1) is 0 Å². The van der Waals surface area contributed by atoms with Crippen LogP contribution in [-0.4, -0.2) is 69.7 Å². The standard InChI is InChI=1S/C15H31N3O3S2/c1-5-16-14(18-13(2)6-11-23(4,19)20)17-12-15(22-3)7-9-21-10-8-15/h13H,5-12H2,1-4H3,(H2,16,17,18). The molecule has 0 spiro atoms. The predicted molar refractivity (Wildman–Crippen MR) is 99.2 cm³/mol. The van der Waals surface area contributed by atoms with E-state index in [1.165, 1.54) is 6.26 Å². The molecule has 2 N–H and O–H groups in total. The number of aliphatic imine (C=N–C) groups is 1. The Morgan fingerprint density at radius 1 is 1.39 bits per heavy atom. The maximum atomic E-state index is 11.3. The van der Waals surface area contributed by atoms with Gasteiger partial charge in [0.05, 0.1) is 12.3 Å². The van der Waals surface area contributed by atoms with Gasteiger partial charge in [0, 0.05) is 36.8 Å². The number of ether oxygens (including phenoxy) is 1. The quantitative estimate of drug-likeness (QED) is 0.498. The minimum atomic E-state index is -2.93. The number of sulfone groups is 1. The van der Waals surface area contributed by atoms with E-state index >= 15 is 0 Å². The van der Waals surface area contributed by atoms with Crippen LogP contribution in [0.4, 0.5) is 0 Å². The molecule has 0 bridgehead atoms. The highest BCUT2D eigenvalue weighted by molar-refractivity contribution is 8.00. The Kier molecular flexibility index (Phi) is 8.71. The van der Waals surface area contributed by atoms with Crippen molar-refractivity contribution in [3.63, 3.8) is 0 Å². The lowest BCUT2D eigenvalue weighted by Crippen LogP contribution is -2.44. The molecule has 0 aromatic carbocycles. The minimum absolute atomic E-state index is 0.0578. The van der Waals surface area contributed by atoms with E-state index in [1.54, 1.807) is 0 Å². The summed E-state index contributed by atoms with van der Waals surface area (Å²) in [6.45, 7) is 7.12. The molecular formula is C15H31N3O3S2. The van der Waals surface area contributed by atoms with Gasteiger partial charge in [-0.25, -0.2) is 8.42 Å². The van der Waals surface area contributed by atoms with Gasteiger partial charge in [0.15, 0.2) is 5.96 Å². The van der Waals surface area contributed by atoms with Crippen molar-refractivity contribution >= 4 is 27.6 Å². The van der Waals surface area contributed by atoms with Gasteiger partial charge in [-0.3, -0.25) is 4.99 Å². The Labute approximate surface area is 145 Å². The molecule has 23 heavy (non-hydrogen) atoms. The summed E-state index contributed by atoms with van der Waals surface area (Å²) in [7, 11) is -2.93. The molecule has 1 saturated heterocycles. The van der Waals surface area contributed by atoms with Crippen LogP contribution in [-0.2, 0) is 14.6 Å². The van der Waals surface area contributed by atoms with E-state index in [1.807, 2.05) is 25.6 Å². The molecule has 0 saturated carbocycles. The first-order chi connectivity index (χ1) is 10.8. The third kappa shape index (κ3) is 8.26. The fourth-order valence-corrected chi connectivity index (χ4v) is 3.96. The molecule has 1 atom stereocenters. The van der Waals surface area contributed by atoms with Crippen molar-refractivity contribution in [2.24, 2.45) is 4.99 Å². The average molecular weight is 366 g/mol. The monoisotopic (exact) mass is 365 g/mol. The molecule has 0 amide bonds. The number of hydrogen-bond acceptors (Lipinski definition) is 5. The fourth-order valence-electron chi connectivity index (χ4n) is 2.41. The van der Waals surface area contributed by atoms with Gasteiger partial charge in [0.25, 0.3) is 0 Å². The maximum absolute atomic E-state index is 11.3. The van der Waals surface area contributed by atoms with Gasteiger partial charge in [0.1, 0.15) is 9.84 Å². The summed E-state index contributed by atoms with van der Waals surface area (Å²) in [5, 5.41) is 6.55.